The van der Waals surface area contributed by atoms with Gasteiger partial charge in [0.15, 0.2) is 0 Å². The monoisotopic (exact) mass is 351 g/mol. The maximum absolute atomic E-state index is 12.1. The summed E-state index contributed by atoms with van der Waals surface area (Å²) >= 11 is 1.68. The lowest BCUT2D eigenvalue weighted by Gasteiger charge is -2.21. The molecule has 0 amide bonds. The number of sulfonamides is 1. The van der Waals surface area contributed by atoms with Crippen LogP contribution in [-0.2, 0) is 14.8 Å². The Hall–Kier alpha value is -1.21. The molecule has 1 N–H and O–H groups in total. The SMILES string of the molecule is CC(C)S(=O)(=O)N[C@H]1COC[C@H]1c1ccc(-c2ccsc2)cc1. The van der Waals surface area contributed by atoms with E-state index in [9.17, 15) is 8.42 Å². The maximum atomic E-state index is 12.1. The molecule has 124 valence electrons. The predicted molar refractivity (Wildman–Crippen MR) is 94.3 cm³/mol. The minimum atomic E-state index is -3.29. The van der Waals surface area contributed by atoms with Gasteiger partial charge in [-0.25, -0.2) is 13.1 Å². The molecule has 0 radical (unpaired) electrons. The highest BCUT2D eigenvalue weighted by Crippen LogP contribution is 2.29. The Morgan fingerprint density at radius 2 is 1.87 bits per heavy atom. The molecule has 1 fully saturated rings. The molecule has 1 aromatic carbocycles. The van der Waals surface area contributed by atoms with Gasteiger partial charge in [-0.3, -0.25) is 0 Å². The van der Waals surface area contributed by atoms with Crippen molar-refractivity contribution in [2.45, 2.75) is 31.1 Å². The van der Waals surface area contributed by atoms with Crippen LogP contribution >= 0.6 is 11.3 Å². The van der Waals surface area contributed by atoms with Crippen LogP contribution in [0.5, 0.6) is 0 Å². The minimum absolute atomic E-state index is 0.0556. The van der Waals surface area contributed by atoms with Crippen molar-refractivity contribution < 1.29 is 13.2 Å². The summed E-state index contributed by atoms with van der Waals surface area (Å²) in [6, 6.07) is 10.2. The largest absolute Gasteiger partial charge is 0.379 e. The lowest BCUT2D eigenvalue weighted by Crippen LogP contribution is -2.42. The quantitative estimate of drug-likeness (QED) is 0.900. The summed E-state index contributed by atoms with van der Waals surface area (Å²) in [5.74, 6) is 0.0556. The van der Waals surface area contributed by atoms with Gasteiger partial charge >= 0.3 is 0 Å². The first-order valence-electron chi connectivity index (χ1n) is 7.69. The van der Waals surface area contributed by atoms with Gasteiger partial charge in [0.25, 0.3) is 0 Å². The van der Waals surface area contributed by atoms with Crippen molar-refractivity contribution in [3.05, 3.63) is 46.7 Å². The van der Waals surface area contributed by atoms with Gasteiger partial charge in [-0.05, 0) is 47.4 Å². The fourth-order valence-electron chi connectivity index (χ4n) is 2.70. The molecule has 0 unspecified atom stereocenters. The van der Waals surface area contributed by atoms with E-state index in [0.29, 0.717) is 13.2 Å². The topological polar surface area (TPSA) is 55.4 Å². The Bertz CT molecular complexity index is 737. The lowest BCUT2D eigenvalue weighted by molar-refractivity contribution is 0.189. The van der Waals surface area contributed by atoms with Crippen LogP contribution in [0.4, 0.5) is 0 Å². The Labute approximate surface area is 141 Å². The van der Waals surface area contributed by atoms with E-state index in [1.165, 1.54) is 11.1 Å². The lowest BCUT2D eigenvalue weighted by atomic mass is 9.93. The molecule has 23 heavy (non-hydrogen) atoms. The number of benzene rings is 1. The number of hydrogen-bond donors (Lipinski definition) is 1. The van der Waals surface area contributed by atoms with E-state index in [2.05, 4.69) is 45.8 Å². The fraction of sp³-hybridized carbons (Fsp3) is 0.412. The molecule has 1 aliphatic heterocycles. The highest BCUT2D eigenvalue weighted by Gasteiger charge is 2.33. The Morgan fingerprint density at radius 1 is 1.13 bits per heavy atom. The molecule has 1 aromatic heterocycles. The summed E-state index contributed by atoms with van der Waals surface area (Å²) < 4.78 is 32.5. The van der Waals surface area contributed by atoms with Crippen molar-refractivity contribution in [3.8, 4) is 11.1 Å². The summed E-state index contributed by atoms with van der Waals surface area (Å²) in [7, 11) is -3.29. The summed E-state index contributed by atoms with van der Waals surface area (Å²) in [6.07, 6.45) is 0. The van der Waals surface area contributed by atoms with Crippen LogP contribution in [0, 0.1) is 0 Å². The van der Waals surface area contributed by atoms with Gasteiger partial charge in [0.1, 0.15) is 0 Å². The van der Waals surface area contributed by atoms with E-state index in [1.54, 1.807) is 25.2 Å². The zero-order valence-electron chi connectivity index (χ0n) is 13.2. The van der Waals surface area contributed by atoms with E-state index in [4.69, 9.17) is 4.74 Å². The fourth-order valence-corrected chi connectivity index (χ4v) is 4.29. The van der Waals surface area contributed by atoms with E-state index in [-0.39, 0.29) is 12.0 Å². The van der Waals surface area contributed by atoms with E-state index >= 15 is 0 Å². The van der Waals surface area contributed by atoms with Crippen LogP contribution in [0.3, 0.4) is 0 Å². The molecule has 3 rings (SSSR count). The number of ether oxygens (including phenoxy) is 1. The molecule has 4 nitrogen and oxygen atoms in total. The second-order valence-electron chi connectivity index (χ2n) is 6.10. The van der Waals surface area contributed by atoms with Gasteiger partial charge in [0.05, 0.1) is 24.5 Å². The van der Waals surface area contributed by atoms with Gasteiger partial charge in [-0.2, -0.15) is 11.3 Å². The first kappa shape index (κ1) is 16.6. The highest BCUT2D eigenvalue weighted by molar-refractivity contribution is 7.90. The molecule has 2 atom stereocenters. The first-order valence-corrected chi connectivity index (χ1v) is 10.2. The smallest absolute Gasteiger partial charge is 0.214 e. The van der Waals surface area contributed by atoms with Gasteiger partial charge in [-0.15, -0.1) is 0 Å². The third-order valence-electron chi connectivity index (χ3n) is 4.21. The van der Waals surface area contributed by atoms with Gasteiger partial charge < -0.3 is 4.74 Å². The molecular formula is C17H21NO3S2. The summed E-state index contributed by atoms with van der Waals surface area (Å²) in [5.41, 5.74) is 3.49. The van der Waals surface area contributed by atoms with Crippen molar-refractivity contribution in [2.24, 2.45) is 0 Å². The number of rotatable bonds is 5. The minimum Gasteiger partial charge on any atom is -0.379 e. The maximum Gasteiger partial charge on any atom is 0.214 e. The average molecular weight is 351 g/mol. The molecular weight excluding hydrogens is 330 g/mol. The van der Waals surface area contributed by atoms with Crippen LogP contribution < -0.4 is 4.72 Å². The molecule has 0 saturated carbocycles. The van der Waals surface area contributed by atoms with Crippen molar-refractivity contribution in [1.82, 2.24) is 4.72 Å². The first-order chi connectivity index (χ1) is 11.0. The second kappa shape index (κ2) is 6.73. The normalized spacial score (nSPS) is 21.9. The zero-order chi connectivity index (χ0) is 16.4. The Kier molecular flexibility index (Phi) is 4.87. The van der Waals surface area contributed by atoms with Crippen molar-refractivity contribution in [2.75, 3.05) is 13.2 Å². The summed E-state index contributed by atoms with van der Waals surface area (Å²) in [5, 5.41) is 3.74. The third kappa shape index (κ3) is 3.66. The van der Waals surface area contributed by atoms with Crippen LogP contribution in [0.25, 0.3) is 11.1 Å². The van der Waals surface area contributed by atoms with Crippen LogP contribution in [-0.4, -0.2) is 32.9 Å². The molecule has 2 aromatic rings. The Morgan fingerprint density at radius 3 is 2.48 bits per heavy atom. The van der Waals surface area contributed by atoms with Gasteiger partial charge in [-0.1, -0.05) is 24.3 Å². The zero-order valence-corrected chi connectivity index (χ0v) is 14.9. The van der Waals surface area contributed by atoms with Crippen molar-refractivity contribution in [3.63, 3.8) is 0 Å². The average Bonchev–Trinajstić information content (AvgIpc) is 3.18. The number of hydrogen-bond acceptors (Lipinski definition) is 4. The standard InChI is InChI=1S/C17H21NO3S2/c1-12(2)23(19,20)18-17-10-21-9-16(17)14-5-3-13(4-6-14)15-7-8-22-11-15/h3-8,11-12,16-18H,9-10H2,1-2H3/t16-,17-/m0/s1. The van der Waals surface area contributed by atoms with E-state index in [1.807, 2.05) is 0 Å². The van der Waals surface area contributed by atoms with Gasteiger partial charge in [0.2, 0.25) is 10.0 Å². The summed E-state index contributed by atoms with van der Waals surface area (Å²) in [6.45, 7) is 4.33. The van der Waals surface area contributed by atoms with E-state index in [0.717, 1.165) is 5.56 Å². The number of thiophene rings is 1. The predicted octanol–water partition coefficient (Wildman–Crippen LogP) is 3.23. The Balaban J connectivity index is 1.78. The van der Waals surface area contributed by atoms with E-state index < -0.39 is 15.3 Å². The highest BCUT2D eigenvalue weighted by atomic mass is 32.2. The number of nitrogens with one attached hydrogen (secondary N) is 1. The van der Waals surface area contributed by atoms with Gasteiger partial charge in [0, 0.05) is 5.92 Å². The third-order valence-corrected chi connectivity index (χ3v) is 6.77. The molecule has 1 aliphatic rings. The van der Waals surface area contributed by atoms with Crippen LogP contribution in [0.1, 0.15) is 25.3 Å². The van der Waals surface area contributed by atoms with Crippen LogP contribution in [0.15, 0.2) is 41.1 Å². The molecule has 2 heterocycles. The molecule has 0 spiro atoms. The van der Waals surface area contributed by atoms with Crippen LogP contribution in [0.2, 0.25) is 0 Å². The second-order valence-corrected chi connectivity index (χ2v) is 9.14. The van der Waals surface area contributed by atoms with Crippen molar-refractivity contribution >= 4 is 21.4 Å². The molecule has 6 heteroatoms. The van der Waals surface area contributed by atoms with Crippen molar-refractivity contribution in [1.29, 1.82) is 0 Å². The molecule has 0 aliphatic carbocycles. The molecule has 1 saturated heterocycles. The summed E-state index contributed by atoms with van der Waals surface area (Å²) in [4.78, 5) is 0. The molecule has 0 bridgehead atoms.